The van der Waals surface area contributed by atoms with E-state index in [1.54, 1.807) is 13.1 Å². The summed E-state index contributed by atoms with van der Waals surface area (Å²) in [5, 5.41) is 7.46. The number of nitrogens with one attached hydrogen (secondary N) is 2. The van der Waals surface area contributed by atoms with E-state index in [0.717, 1.165) is 42.3 Å². The Morgan fingerprint density at radius 1 is 1.18 bits per heavy atom. The van der Waals surface area contributed by atoms with Crippen molar-refractivity contribution in [1.29, 1.82) is 0 Å². The molecule has 3 rings (SSSR count). The molecular weight excluding hydrogens is 482 g/mol. The highest BCUT2D eigenvalue weighted by Gasteiger charge is 2.24. The third-order valence-electron chi connectivity index (χ3n) is 5.50. The Hall–Kier alpha value is -2.54. The number of thioether (sulfide) groups is 2. The third-order valence-corrected chi connectivity index (χ3v) is 7.41. The standard InChI is InChI=1S/C22H28F2N6O2S2/c1-30(26)22(28-25)34-18-11-19(33-3)17(29-32-2)10-14(18)21(31)27-20-15(23)8-13(9-16(20)24)12-6-4-5-7-12/h8-12,29H,4-7,25-26H2,1-3H3,(H,27,31)/b28-22+. The SMILES string of the molecule is CONc1cc(C(=O)Nc2c(F)cc(C3CCCC3)cc2F)c(S/C(=N/N)N(C)N)cc1SC. The van der Waals surface area contributed by atoms with Crippen molar-refractivity contribution in [2.24, 2.45) is 16.8 Å². The average Bonchev–Trinajstić information content (AvgIpc) is 3.35. The molecule has 0 spiro atoms. The lowest BCUT2D eigenvalue weighted by atomic mass is 9.97. The highest BCUT2D eigenvalue weighted by molar-refractivity contribution is 8.13. The molecule has 6 N–H and O–H groups in total. The number of nitrogens with zero attached hydrogens (tertiary/aromatic N) is 2. The van der Waals surface area contributed by atoms with Crippen LogP contribution in [0.1, 0.15) is 47.5 Å². The molecule has 12 heteroatoms. The van der Waals surface area contributed by atoms with Gasteiger partial charge in [0.2, 0.25) is 5.17 Å². The van der Waals surface area contributed by atoms with Crippen molar-refractivity contribution in [3.05, 3.63) is 47.0 Å². The van der Waals surface area contributed by atoms with Crippen LogP contribution in [-0.2, 0) is 4.84 Å². The fraction of sp³-hybridized carbons (Fsp3) is 0.364. The molecule has 1 fully saturated rings. The second kappa shape index (κ2) is 11.7. The Balaban J connectivity index is 1.98. The maximum Gasteiger partial charge on any atom is 0.257 e. The van der Waals surface area contributed by atoms with E-state index in [1.807, 2.05) is 6.26 Å². The van der Waals surface area contributed by atoms with Gasteiger partial charge in [-0.2, -0.15) is 5.10 Å². The summed E-state index contributed by atoms with van der Waals surface area (Å²) in [5.74, 6) is 9.00. The molecule has 0 aliphatic heterocycles. The molecule has 0 aromatic heterocycles. The van der Waals surface area contributed by atoms with Gasteiger partial charge >= 0.3 is 0 Å². The second-order valence-corrected chi connectivity index (χ2v) is 9.63. The van der Waals surface area contributed by atoms with Crippen LogP contribution in [0, 0.1) is 11.6 Å². The van der Waals surface area contributed by atoms with Crippen LogP contribution >= 0.6 is 23.5 Å². The molecule has 2 aromatic rings. The number of hydrazone groups is 1. The van der Waals surface area contributed by atoms with Gasteiger partial charge < -0.3 is 11.2 Å². The molecule has 0 atom stereocenters. The smallest absolute Gasteiger partial charge is 0.257 e. The van der Waals surface area contributed by atoms with E-state index in [0.29, 0.717) is 16.1 Å². The van der Waals surface area contributed by atoms with Crippen LogP contribution in [0.5, 0.6) is 0 Å². The first-order chi connectivity index (χ1) is 16.3. The molecule has 1 aliphatic carbocycles. The van der Waals surface area contributed by atoms with Gasteiger partial charge in [-0.25, -0.2) is 14.6 Å². The first-order valence-corrected chi connectivity index (χ1v) is 12.6. The van der Waals surface area contributed by atoms with Crippen molar-refractivity contribution >= 4 is 46.0 Å². The molecule has 34 heavy (non-hydrogen) atoms. The molecular formula is C22H28F2N6O2S2. The van der Waals surface area contributed by atoms with E-state index in [2.05, 4.69) is 15.9 Å². The zero-order chi connectivity index (χ0) is 24.8. The monoisotopic (exact) mass is 510 g/mol. The topological polar surface area (TPSA) is 118 Å². The number of benzene rings is 2. The summed E-state index contributed by atoms with van der Waals surface area (Å²) in [7, 11) is 2.98. The lowest BCUT2D eigenvalue weighted by Crippen LogP contribution is -2.32. The van der Waals surface area contributed by atoms with E-state index in [4.69, 9.17) is 16.5 Å². The van der Waals surface area contributed by atoms with Crippen molar-refractivity contribution in [3.8, 4) is 0 Å². The van der Waals surface area contributed by atoms with Crippen LogP contribution in [0.2, 0.25) is 0 Å². The Kier molecular flexibility index (Phi) is 9.00. The molecule has 0 saturated heterocycles. The predicted octanol–water partition coefficient (Wildman–Crippen LogP) is 4.70. The first kappa shape index (κ1) is 26.1. The maximum absolute atomic E-state index is 14.9. The molecule has 1 saturated carbocycles. The number of rotatable bonds is 7. The second-order valence-electron chi connectivity index (χ2n) is 7.77. The molecule has 0 unspecified atom stereocenters. The fourth-order valence-corrected chi connectivity index (χ4v) is 5.32. The lowest BCUT2D eigenvalue weighted by molar-refractivity contribution is 0.102. The summed E-state index contributed by atoms with van der Waals surface area (Å²) in [4.78, 5) is 19.4. The molecule has 0 radical (unpaired) electrons. The van der Waals surface area contributed by atoms with Crippen LogP contribution in [0.15, 0.2) is 39.2 Å². The van der Waals surface area contributed by atoms with Crippen LogP contribution in [0.3, 0.4) is 0 Å². The van der Waals surface area contributed by atoms with E-state index < -0.39 is 23.2 Å². The number of carbonyl (C=O) groups excluding carboxylic acids is 1. The Labute approximate surface area is 205 Å². The minimum atomic E-state index is -0.814. The number of amides is 1. The summed E-state index contributed by atoms with van der Waals surface area (Å²) in [6.45, 7) is 0. The quantitative estimate of drug-likeness (QED) is 0.139. The van der Waals surface area contributed by atoms with Crippen molar-refractivity contribution in [1.82, 2.24) is 5.01 Å². The number of hydrogen-bond acceptors (Lipinski definition) is 8. The maximum atomic E-state index is 14.9. The highest BCUT2D eigenvalue weighted by Crippen LogP contribution is 2.38. The van der Waals surface area contributed by atoms with Crippen LogP contribution < -0.4 is 22.5 Å². The number of hydrogen-bond donors (Lipinski definition) is 4. The molecule has 1 aliphatic rings. The van der Waals surface area contributed by atoms with E-state index in [1.165, 1.54) is 42.1 Å². The van der Waals surface area contributed by atoms with Gasteiger partial charge in [-0.05, 0) is 66.6 Å². The Morgan fingerprint density at radius 3 is 2.35 bits per heavy atom. The number of carbonyl (C=O) groups is 1. The van der Waals surface area contributed by atoms with Crippen molar-refractivity contribution in [2.45, 2.75) is 41.4 Å². The van der Waals surface area contributed by atoms with E-state index >= 15 is 0 Å². The Bertz CT molecular complexity index is 1050. The van der Waals surface area contributed by atoms with E-state index in [9.17, 15) is 13.6 Å². The zero-order valence-electron chi connectivity index (χ0n) is 19.2. The number of amidine groups is 1. The average molecular weight is 511 g/mol. The molecule has 184 valence electrons. The van der Waals surface area contributed by atoms with Crippen molar-refractivity contribution in [3.63, 3.8) is 0 Å². The minimum absolute atomic E-state index is 0.129. The third kappa shape index (κ3) is 5.93. The molecule has 1 amide bonds. The van der Waals surface area contributed by atoms with Crippen LogP contribution in [0.4, 0.5) is 20.2 Å². The normalized spacial score (nSPS) is 14.4. The number of anilines is 2. The van der Waals surface area contributed by atoms with Gasteiger partial charge in [0.25, 0.3) is 5.91 Å². The van der Waals surface area contributed by atoms with Gasteiger partial charge in [0.1, 0.15) is 17.3 Å². The number of halogens is 2. The summed E-state index contributed by atoms with van der Waals surface area (Å²) >= 11 is 2.45. The minimum Gasteiger partial charge on any atom is -0.321 e. The molecule has 8 nitrogen and oxygen atoms in total. The van der Waals surface area contributed by atoms with Crippen molar-refractivity contribution in [2.75, 3.05) is 31.2 Å². The molecule has 2 aromatic carbocycles. The number of hydrazine groups is 1. The lowest BCUT2D eigenvalue weighted by Gasteiger charge is -2.18. The van der Waals surface area contributed by atoms with Gasteiger partial charge in [-0.15, -0.1) is 11.8 Å². The number of nitrogens with two attached hydrogens (primary N) is 2. The van der Waals surface area contributed by atoms with Gasteiger partial charge in [0.05, 0.1) is 18.4 Å². The summed E-state index contributed by atoms with van der Waals surface area (Å²) in [5.41, 5.74) is 3.47. The molecule has 0 bridgehead atoms. The van der Waals surface area contributed by atoms with Gasteiger partial charge in [-0.1, -0.05) is 12.8 Å². The van der Waals surface area contributed by atoms with Gasteiger partial charge in [0.15, 0.2) is 0 Å². The van der Waals surface area contributed by atoms with Gasteiger partial charge in [-0.3, -0.25) is 20.1 Å². The summed E-state index contributed by atoms with van der Waals surface area (Å²) in [6.07, 6.45) is 5.76. The summed E-state index contributed by atoms with van der Waals surface area (Å²) in [6, 6.07) is 5.86. The van der Waals surface area contributed by atoms with Crippen molar-refractivity contribution < 1.29 is 18.4 Å². The predicted molar refractivity (Wildman–Crippen MR) is 134 cm³/mol. The zero-order valence-corrected chi connectivity index (χ0v) is 20.8. The Morgan fingerprint density at radius 2 is 1.82 bits per heavy atom. The summed E-state index contributed by atoms with van der Waals surface area (Å²) < 4.78 is 29.8. The van der Waals surface area contributed by atoms with Crippen LogP contribution in [0.25, 0.3) is 0 Å². The highest BCUT2D eigenvalue weighted by atomic mass is 32.2. The van der Waals surface area contributed by atoms with Gasteiger partial charge in [0, 0.05) is 16.8 Å². The molecule has 0 heterocycles. The fourth-order valence-electron chi connectivity index (χ4n) is 3.86. The first-order valence-electron chi connectivity index (χ1n) is 10.5. The van der Waals surface area contributed by atoms with Crippen LogP contribution in [-0.4, -0.2) is 36.5 Å². The van der Waals surface area contributed by atoms with E-state index in [-0.39, 0.29) is 16.6 Å². The largest absolute Gasteiger partial charge is 0.321 e.